The van der Waals surface area contributed by atoms with E-state index in [2.05, 4.69) is 5.32 Å². The number of carbonyl (C=O) groups is 2. The topological polar surface area (TPSA) is 96.0 Å². The molecule has 0 heterocycles. The van der Waals surface area contributed by atoms with Crippen LogP contribution < -0.4 is 14.4 Å². The number of sulfonamides is 1. The third kappa shape index (κ3) is 8.93. The summed E-state index contributed by atoms with van der Waals surface area (Å²) in [5, 5.41) is 3.37. The van der Waals surface area contributed by atoms with E-state index < -0.39 is 16.1 Å². The highest BCUT2D eigenvalue weighted by molar-refractivity contribution is 7.92. The summed E-state index contributed by atoms with van der Waals surface area (Å²) in [4.78, 5) is 27.9. The number of amides is 2. The van der Waals surface area contributed by atoms with Crippen LogP contribution in [0.3, 0.4) is 0 Å². The SMILES string of the molecule is CC[C@H](C)NC(=O)[C@@H](C)N(Cc1cccc(OC)c1)C(=O)CCCN(c1cc(Cl)ccc1C)S(C)(=O)=O. The zero-order valence-electron chi connectivity index (χ0n) is 22.5. The van der Waals surface area contributed by atoms with Gasteiger partial charge in [-0.05, 0) is 69.0 Å². The summed E-state index contributed by atoms with van der Waals surface area (Å²) < 4.78 is 31.7. The van der Waals surface area contributed by atoms with Gasteiger partial charge in [0.25, 0.3) is 0 Å². The summed E-state index contributed by atoms with van der Waals surface area (Å²) >= 11 is 6.12. The first-order valence-electron chi connectivity index (χ1n) is 12.3. The Labute approximate surface area is 226 Å². The van der Waals surface area contributed by atoms with Crippen LogP contribution in [-0.2, 0) is 26.2 Å². The molecule has 2 aromatic carbocycles. The van der Waals surface area contributed by atoms with Gasteiger partial charge in [0.1, 0.15) is 11.8 Å². The number of rotatable bonds is 13. The third-order valence-electron chi connectivity index (χ3n) is 6.25. The summed E-state index contributed by atoms with van der Waals surface area (Å²) in [5.74, 6) is 0.172. The minimum atomic E-state index is -3.61. The van der Waals surface area contributed by atoms with Gasteiger partial charge in [0.05, 0.1) is 19.1 Å². The Bertz CT molecular complexity index is 1190. The first-order chi connectivity index (χ1) is 17.4. The van der Waals surface area contributed by atoms with Crippen LogP contribution in [0.2, 0.25) is 5.02 Å². The minimum Gasteiger partial charge on any atom is -0.497 e. The van der Waals surface area contributed by atoms with Gasteiger partial charge in [-0.3, -0.25) is 13.9 Å². The molecule has 204 valence electrons. The molecular formula is C27H38ClN3O5S. The molecule has 10 heteroatoms. The number of nitrogens with one attached hydrogen (secondary N) is 1. The lowest BCUT2D eigenvalue weighted by atomic mass is 10.1. The minimum absolute atomic E-state index is 0.0204. The Hall–Kier alpha value is -2.78. The molecular weight excluding hydrogens is 514 g/mol. The molecule has 0 saturated heterocycles. The van der Waals surface area contributed by atoms with Crippen molar-refractivity contribution in [2.45, 2.75) is 65.6 Å². The summed E-state index contributed by atoms with van der Waals surface area (Å²) in [5.41, 5.74) is 2.07. The largest absolute Gasteiger partial charge is 0.497 e. The number of halogens is 1. The van der Waals surface area contributed by atoms with E-state index in [4.69, 9.17) is 16.3 Å². The van der Waals surface area contributed by atoms with E-state index in [0.717, 1.165) is 23.8 Å². The van der Waals surface area contributed by atoms with Crippen molar-refractivity contribution in [3.05, 3.63) is 58.6 Å². The van der Waals surface area contributed by atoms with Gasteiger partial charge >= 0.3 is 0 Å². The van der Waals surface area contributed by atoms with Crippen LogP contribution in [0.25, 0.3) is 0 Å². The maximum absolute atomic E-state index is 13.4. The molecule has 0 saturated carbocycles. The number of hydrogen-bond donors (Lipinski definition) is 1. The second-order valence-corrected chi connectivity index (χ2v) is 11.6. The summed E-state index contributed by atoms with van der Waals surface area (Å²) in [6.07, 6.45) is 2.24. The summed E-state index contributed by atoms with van der Waals surface area (Å²) in [6, 6.07) is 11.7. The van der Waals surface area contributed by atoms with Crippen LogP contribution in [0.5, 0.6) is 5.75 Å². The van der Waals surface area contributed by atoms with Crippen molar-refractivity contribution in [2.75, 3.05) is 24.2 Å². The fourth-order valence-corrected chi connectivity index (χ4v) is 5.03. The van der Waals surface area contributed by atoms with Crippen LogP contribution in [0, 0.1) is 6.92 Å². The highest BCUT2D eigenvalue weighted by Gasteiger charge is 2.27. The van der Waals surface area contributed by atoms with Gasteiger partial charge in [0.2, 0.25) is 21.8 Å². The fraction of sp³-hybridized carbons (Fsp3) is 0.481. The third-order valence-corrected chi connectivity index (χ3v) is 7.66. The van der Waals surface area contributed by atoms with Crippen molar-refractivity contribution in [1.82, 2.24) is 10.2 Å². The molecule has 2 atom stereocenters. The zero-order valence-corrected chi connectivity index (χ0v) is 24.0. The Morgan fingerprint density at radius 2 is 1.84 bits per heavy atom. The van der Waals surface area contributed by atoms with E-state index in [0.29, 0.717) is 16.5 Å². The zero-order chi connectivity index (χ0) is 27.8. The lowest BCUT2D eigenvalue weighted by Crippen LogP contribution is -2.49. The van der Waals surface area contributed by atoms with Gasteiger partial charge in [0, 0.05) is 30.6 Å². The maximum atomic E-state index is 13.4. The lowest BCUT2D eigenvalue weighted by molar-refractivity contribution is -0.140. The average molecular weight is 552 g/mol. The van der Waals surface area contributed by atoms with Crippen molar-refractivity contribution in [2.24, 2.45) is 0 Å². The first kappa shape index (κ1) is 30.4. The molecule has 0 aromatic heterocycles. The standard InChI is InChI=1S/C27H38ClN3O5S/c1-7-20(3)29-27(33)21(4)30(18-22-10-8-11-24(16-22)36-5)26(32)12-9-15-31(37(6,34)35)25-17-23(28)14-13-19(25)2/h8,10-11,13-14,16-17,20-21H,7,9,12,15,18H2,1-6H3,(H,29,33)/t20-,21+/m0/s1. The Balaban J connectivity index is 2.23. The van der Waals surface area contributed by atoms with Crippen LogP contribution in [0.1, 0.15) is 51.2 Å². The number of methoxy groups -OCH3 is 1. The van der Waals surface area contributed by atoms with Gasteiger partial charge in [-0.25, -0.2) is 8.42 Å². The average Bonchev–Trinajstić information content (AvgIpc) is 2.85. The van der Waals surface area contributed by atoms with Crippen molar-refractivity contribution in [3.63, 3.8) is 0 Å². The first-order valence-corrected chi connectivity index (χ1v) is 14.6. The molecule has 2 aromatic rings. The number of nitrogens with zero attached hydrogens (tertiary/aromatic N) is 2. The van der Waals surface area contributed by atoms with Crippen LogP contribution in [0.4, 0.5) is 5.69 Å². The van der Waals surface area contributed by atoms with Gasteiger partial charge in [-0.15, -0.1) is 0 Å². The van der Waals surface area contributed by atoms with E-state index in [1.165, 1.54) is 9.21 Å². The van der Waals surface area contributed by atoms with Gasteiger partial charge in [-0.1, -0.05) is 36.7 Å². The smallest absolute Gasteiger partial charge is 0.242 e. The Morgan fingerprint density at radius 3 is 2.46 bits per heavy atom. The molecule has 0 spiro atoms. The molecule has 0 aliphatic carbocycles. The number of aryl methyl sites for hydroxylation is 1. The highest BCUT2D eigenvalue weighted by atomic mass is 35.5. The predicted octanol–water partition coefficient (Wildman–Crippen LogP) is 4.54. The van der Waals surface area contributed by atoms with E-state index >= 15 is 0 Å². The number of benzene rings is 2. The monoisotopic (exact) mass is 551 g/mol. The molecule has 8 nitrogen and oxygen atoms in total. The lowest BCUT2D eigenvalue weighted by Gasteiger charge is -2.30. The number of hydrogen-bond acceptors (Lipinski definition) is 5. The number of ether oxygens (including phenoxy) is 1. The summed E-state index contributed by atoms with van der Waals surface area (Å²) in [6.45, 7) is 7.72. The summed E-state index contributed by atoms with van der Waals surface area (Å²) in [7, 11) is -2.04. The molecule has 37 heavy (non-hydrogen) atoms. The van der Waals surface area contributed by atoms with Crippen LogP contribution in [0.15, 0.2) is 42.5 Å². The number of carbonyl (C=O) groups excluding carboxylic acids is 2. The van der Waals surface area contributed by atoms with Crippen LogP contribution in [-0.4, -0.2) is 57.1 Å². The van der Waals surface area contributed by atoms with Gasteiger partial charge < -0.3 is 15.0 Å². The molecule has 0 radical (unpaired) electrons. The Kier molecular flexibility index (Phi) is 11.3. The molecule has 2 rings (SSSR count). The van der Waals surface area contributed by atoms with Crippen molar-refractivity contribution < 1.29 is 22.7 Å². The molecule has 0 aliphatic heterocycles. The molecule has 1 N–H and O–H groups in total. The fourth-order valence-electron chi connectivity index (χ4n) is 3.85. The quantitative estimate of drug-likeness (QED) is 0.394. The van der Waals surface area contributed by atoms with Crippen molar-refractivity contribution >= 4 is 39.1 Å². The maximum Gasteiger partial charge on any atom is 0.242 e. The van der Waals surface area contributed by atoms with E-state index in [1.807, 2.05) is 45.0 Å². The second-order valence-electron chi connectivity index (χ2n) is 9.24. The Morgan fingerprint density at radius 1 is 1.14 bits per heavy atom. The van der Waals surface area contributed by atoms with Gasteiger partial charge in [-0.2, -0.15) is 0 Å². The van der Waals surface area contributed by atoms with Crippen molar-refractivity contribution in [3.8, 4) is 5.75 Å². The molecule has 0 unspecified atom stereocenters. The molecule has 0 fully saturated rings. The van der Waals surface area contributed by atoms with E-state index in [9.17, 15) is 18.0 Å². The van der Waals surface area contributed by atoms with E-state index in [-0.39, 0.29) is 43.8 Å². The molecule has 0 bridgehead atoms. The molecule has 2 amide bonds. The normalized spacial score (nSPS) is 12.9. The second kappa shape index (κ2) is 13.7. The molecule has 0 aliphatic rings. The van der Waals surface area contributed by atoms with Gasteiger partial charge in [0.15, 0.2) is 0 Å². The highest BCUT2D eigenvalue weighted by Crippen LogP contribution is 2.27. The number of anilines is 1. The predicted molar refractivity (Wildman–Crippen MR) is 149 cm³/mol. The van der Waals surface area contributed by atoms with Crippen molar-refractivity contribution in [1.29, 1.82) is 0 Å². The van der Waals surface area contributed by atoms with E-state index in [1.54, 1.807) is 32.2 Å². The van der Waals surface area contributed by atoms with Crippen LogP contribution >= 0.6 is 11.6 Å².